The fourth-order valence-corrected chi connectivity index (χ4v) is 2.21. The molecule has 0 spiro atoms. The average molecular weight is 312 g/mol. The van der Waals surface area contributed by atoms with Crippen LogP contribution in [0.15, 0.2) is 0 Å². The van der Waals surface area contributed by atoms with Crippen molar-refractivity contribution in [3.05, 3.63) is 0 Å². The van der Waals surface area contributed by atoms with Gasteiger partial charge in [-0.05, 0) is 31.1 Å². The Morgan fingerprint density at radius 3 is 1.82 bits per heavy atom. The minimum absolute atomic E-state index is 0.0653. The number of carbonyl (C=O) groups is 2. The van der Waals surface area contributed by atoms with Gasteiger partial charge in [0.1, 0.15) is 5.78 Å². The first-order valence-electron chi connectivity index (χ1n) is 9.09. The minimum atomic E-state index is -0.0653. The molecule has 0 aromatic heterocycles. The quantitative estimate of drug-likeness (QED) is 0.322. The molecule has 3 nitrogen and oxygen atoms in total. The van der Waals surface area contributed by atoms with Crippen molar-refractivity contribution in [3.8, 4) is 0 Å². The number of unbranched alkanes of at least 4 members (excludes halogenated alkanes) is 5. The van der Waals surface area contributed by atoms with Gasteiger partial charge in [-0.3, -0.25) is 9.59 Å². The molecule has 0 aliphatic rings. The summed E-state index contributed by atoms with van der Waals surface area (Å²) in [5.41, 5.74) is 0. The van der Waals surface area contributed by atoms with Gasteiger partial charge in [0.15, 0.2) is 0 Å². The number of ketones is 1. The Labute approximate surface area is 137 Å². The van der Waals surface area contributed by atoms with Gasteiger partial charge in [-0.2, -0.15) is 0 Å². The van der Waals surface area contributed by atoms with E-state index in [9.17, 15) is 9.59 Å². The van der Waals surface area contributed by atoms with Crippen LogP contribution in [0.4, 0.5) is 0 Å². The fraction of sp³-hybridized carbons (Fsp3) is 0.895. The van der Waals surface area contributed by atoms with Gasteiger partial charge >= 0.3 is 5.97 Å². The highest BCUT2D eigenvalue weighted by molar-refractivity contribution is 5.78. The minimum Gasteiger partial charge on any atom is -0.465 e. The van der Waals surface area contributed by atoms with E-state index in [0.29, 0.717) is 30.6 Å². The van der Waals surface area contributed by atoms with Crippen molar-refractivity contribution < 1.29 is 14.3 Å². The Kier molecular flexibility index (Phi) is 13.2. The van der Waals surface area contributed by atoms with E-state index in [1.54, 1.807) is 0 Å². The van der Waals surface area contributed by atoms with Gasteiger partial charge in [-0.15, -0.1) is 0 Å². The normalized spacial score (nSPS) is 11.2. The van der Waals surface area contributed by atoms with Gasteiger partial charge in [0.05, 0.1) is 6.61 Å². The van der Waals surface area contributed by atoms with Gasteiger partial charge in [-0.25, -0.2) is 0 Å². The number of Topliss-reactive ketones (excluding diaryl/α,β-unsaturated/α-hetero) is 1. The molecule has 0 radical (unpaired) electrons. The molecule has 22 heavy (non-hydrogen) atoms. The summed E-state index contributed by atoms with van der Waals surface area (Å²) >= 11 is 0. The summed E-state index contributed by atoms with van der Waals surface area (Å²) in [6, 6.07) is 0. The van der Waals surface area contributed by atoms with E-state index in [0.717, 1.165) is 51.4 Å². The SMILES string of the molecule is CC(C)CCC(=O)CCCCCCCCC(=O)OCC(C)C. The molecule has 0 atom stereocenters. The molecule has 0 saturated heterocycles. The second-order valence-electron chi connectivity index (χ2n) is 7.17. The molecule has 0 aliphatic heterocycles. The lowest BCUT2D eigenvalue weighted by Crippen LogP contribution is -2.09. The van der Waals surface area contributed by atoms with Crippen molar-refractivity contribution in [2.75, 3.05) is 6.61 Å². The Balaban J connectivity index is 3.30. The highest BCUT2D eigenvalue weighted by Crippen LogP contribution is 2.12. The van der Waals surface area contributed by atoms with Gasteiger partial charge in [0.25, 0.3) is 0 Å². The van der Waals surface area contributed by atoms with Gasteiger partial charge in [0.2, 0.25) is 0 Å². The third-order valence-electron chi connectivity index (χ3n) is 3.66. The average Bonchev–Trinajstić information content (AvgIpc) is 2.45. The predicted molar refractivity (Wildman–Crippen MR) is 91.8 cm³/mol. The zero-order chi connectivity index (χ0) is 16.8. The van der Waals surface area contributed by atoms with Crippen LogP contribution in [0.3, 0.4) is 0 Å². The van der Waals surface area contributed by atoms with Crippen LogP contribution in [-0.2, 0) is 14.3 Å². The second kappa shape index (κ2) is 13.8. The summed E-state index contributed by atoms with van der Waals surface area (Å²) in [7, 11) is 0. The van der Waals surface area contributed by atoms with Crippen LogP contribution >= 0.6 is 0 Å². The maximum Gasteiger partial charge on any atom is 0.305 e. The molecule has 0 amide bonds. The predicted octanol–water partition coefficient (Wildman–Crippen LogP) is 5.31. The van der Waals surface area contributed by atoms with Crippen molar-refractivity contribution in [1.29, 1.82) is 0 Å². The first kappa shape index (κ1) is 21.1. The van der Waals surface area contributed by atoms with Crippen LogP contribution in [0, 0.1) is 11.8 Å². The van der Waals surface area contributed by atoms with Crippen molar-refractivity contribution in [1.82, 2.24) is 0 Å². The molecule has 0 fully saturated rings. The monoisotopic (exact) mass is 312 g/mol. The summed E-state index contributed by atoms with van der Waals surface area (Å²) in [5.74, 6) is 1.38. The molecule has 0 N–H and O–H groups in total. The molecule has 130 valence electrons. The number of carbonyl (C=O) groups excluding carboxylic acids is 2. The first-order chi connectivity index (χ1) is 10.4. The number of ether oxygens (including phenoxy) is 1. The van der Waals surface area contributed by atoms with E-state index in [-0.39, 0.29) is 5.97 Å². The van der Waals surface area contributed by atoms with Gasteiger partial charge < -0.3 is 4.74 Å². The fourth-order valence-electron chi connectivity index (χ4n) is 2.21. The zero-order valence-corrected chi connectivity index (χ0v) is 15.2. The maximum absolute atomic E-state index is 11.6. The molecule has 0 bridgehead atoms. The van der Waals surface area contributed by atoms with Crippen LogP contribution in [0.1, 0.15) is 91.9 Å². The topological polar surface area (TPSA) is 43.4 Å². The lowest BCUT2D eigenvalue weighted by molar-refractivity contribution is -0.144. The van der Waals surface area contributed by atoms with Crippen LogP contribution in [0.2, 0.25) is 0 Å². The summed E-state index contributed by atoms with van der Waals surface area (Å²) < 4.78 is 5.14. The molecule has 0 saturated carbocycles. The van der Waals surface area contributed by atoms with Gasteiger partial charge in [-0.1, -0.05) is 53.4 Å². The first-order valence-corrected chi connectivity index (χ1v) is 9.09. The van der Waals surface area contributed by atoms with Gasteiger partial charge in [0, 0.05) is 19.3 Å². The Morgan fingerprint density at radius 2 is 1.27 bits per heavy atom. The lowest BCUT2D eigenvalue weighted by atomic mass is 10.0. The lowest BCUT2D eigenvalue weighted by Gasteiger charge is -2.07. The molecule has 0 rings (SSSR count). The molecule has 0 heterocycles. The number of hydrogen-bond donors (Lipinski definition) is 0. The van der Waals surface area contributed by atoms with E-state index in [1.807, 2.05) is 13.8 Å². The summed E-state index contributed by atoms with van der Waals surface area (Å²) in [5, 5.41) is 0. The number of esters is 1. The summed E-state index contributed by atoms with van der Waals surface area (Å²) in [6.07, 6.45) is 9.52. The summed E-state index contributed by atoms with van der Waals surface area (Å²) in [6.45, 7) is 8.93. The van der Waals surface area contributed by atoms with E-state index >= 15 is 0 Å². The summed E-state index contributed by atoms with van der Waals surface area (Å²) in [4.78, 5) is 23.0. The molecule has 3 heteroatoms. The highest BCUT2D eigenvalue weighted by Gasteiger charge is 2.05. The Hall–Kier alpha value is -0.860. The van der Waals surface area contributed by atoms with Crippen molar-refractivity contribution in [3.63, 3.8) is 0 Å². The van der Waals surface area contributed by atoms with Crippen molar-refractivity contribution >= 4 is 11.8 Å². The van der Waals surface area contributed by atoms with E-state index < -0.39 is 0 Å². The molecule has 0 unspecified atom stereocenters. The van der Waals surface area contributed by atoms with E-state index in [1.165, 1.54) is 6.42 Å². The molecule has 0 aromatic rings. The molecular formula is C19H36O3. The highest BCUT2D eigenvalue weighted by atomic mass is 16.5. The number of hydrogen-bond acceptors (Lipinski definition) is 3. The van der Waals surface area contributed by atoms with Crippen LogP contribution in [0.25, 0.3) is 0 Å². The largest absolute Gasteiger partial charge is 0.465 e. The smallest absolute Gasteiger partial charge is 0.305 e. The third-order valence-corrected chi connectivity index (χ3v) is 3.66. The molecular weight excluding hydrogens is 276 g/mol. The number of rotatable bonds is 14. The van der Waals surface area contributed by atoms with E-state index in [2.05, 4.69) is 13.8 Å². The van der Waals surface area contributed by atoms with E-state index in [4.69, 9.17) is 4.74 Å². The van der Waals surface area contributed by atoms with Crippen molar-refractivity contribution in [2.24, 2.45) is 11.8 Å². The van der Waals surface area contributed by atoms with Crippen molar-refractivity contribution in [2.45, 2.75) is 91.9 Å². The van der Waals surface area contributed by atoms with Crippen LogP contribution in [-0.4, -0.2) is 18.4 Å². The molecule has 0 aliphatic carbocycles. The Morgan fingerprint density at radius 1 is 0.727 bits per heavy atom. The van der Waals surface area contributed by atoms with Crippen LogP contribution < -0.4 is 0 Å². The van der Waals surface area contributed by atoms with Crippen LogP contribution in [0.5, 0.6) is 0 Å². The standard InChI is InChI=1S/C19H36O3/c1-16(2)13-14-18(20)11-9-7-5-6-8-10-12-19(21)22-15-17(3)4/h16-17H,5-15H2,1-4H3. The maximum atomic E-state index is 11.6. The molecule has 0 aromatic carbocycles. The second-order valence-corrected chi connectivity index (χ2v) is 7.17. The Bertz CT molecular complexity index is 265. The third kappa shape index (κ3) is 15.5. The zero-order valence-electron chi connectivity index (χ0n) is 15.2.